The Hall–Kier alpha value is -1.80. The van der Waals surface area contributed by atoms with Crippen LogP contribution in [-0.4, -0.2) is 21.8 Å². The zero-order valence-corrected chi connectivity index (χ0v) is 10.2. The highest BCUT2D eigenvalue weighted by Crippen LogP contribution is 2.17. The van der Waals surface area contributed by atoms with Gasteiger partial charge in [0.2, 0.25) is 0 Å². The van der Waals surface area contributed by atoms with Gasteiger partial charge < -0.3 is 5.11 Å². The molecule has 0 aromatic carbocycles. The summed E-state index contributed by atoms with van der Waals surface area (Å²) in [6.07, 6.45) is 3.75. The first-order chi connectivity index (χ1) is 8.17. The fraction of sp³-hybridized carbons (Fsp3) is 0.250. The molecule has 0 saturated heterocycles. The third kappa shape index (κ3) is 4.29. The minimum absolute atomic E-state index is 0.397. The zero-order chi connectivity index (χ0) is 12.7. The summed E-state index contributed by atoms with van der Waals surface area (Å²) in [5, 5.41) is 18.2. The number of hydrogen-bond acceptors (Lipinski definition) is 4. The lowest BCUT2D eigenvalue weighted by Gasteiger charge is -1.99. The van der Waals surface area contributed by atoms with Gasteiger partial charge in [-0.25, -0.2) is 9.78 Å². The molecule has 0 bridgehead atoms. The molecule has 0 aliphatic heterocycles. The highest BCUT2D eigenvalue weighted by Gasteiger charge is 2.03. The van der Waals surface area contributed by atoms with Gasteiger partial charge in [0.1, 0.15) is 0 Å². The normalized spacial score (nSPS) is 10.9. The second-order valence-corrected chi connectivity index (χ2v) is 4.23. The van der Waals surface area contributed by atoms with Crippen molar-refractivity contribution in [3.05, 3.63) is 35.5 Å². The van der Waals surface area contributed by atoms with Gasteiger partial charge in [0.25, 0.3) is 0 Å². The Balaban J connectivity index is 2.62. The van der Waals surface area contributed by atoms with E-state index in [2.05, 4.69) is 4.98 Å². The van der Waals surface area contributed by atoms with Gasteiger partial charge in [0.05, 0.1) is 16.7 Å². The van der Waals surface area contributed by atoms with Crippen LogP contribution in [0.1, 0.15) is 18.9 Å². The number of aliphatic carboxylic acids is 1. The van der Waals surface area contributed by atoms with E-state index in [-0.39, 0.29) is 0 Å². The minimum Gasteiger partial charge on any atom is -0.478 e. The molecule has 17 heavy (non-hydrogen) atoms. The molecule has 0 saturated carbocycles. The first-order valence-corrected chi connectivity index (χ1v) is 6.07. The van der Waals surface area contributed by atoms with E-state index in [1.807, 2.05) is 6.07 Å². The lowest BCUT2D eigenvalue weighted by Crippen LogP contribution is -1.99. The SMILES string of the molecule is CC/C(=C/CSc1cc(C#N)ccn1)C(=O)O. The Morgan fingerprint density at radius 3 is 3.06 bits per heavy atom. The van der Waals surface area contributed by atoms with Crippen LogP contribution in [0.2, 0.25) is 0 Å². The summed E-state index contributed by atoms with van der Waals surface area (Å²) in [5.74, 6) is -0.344. The molecule has 1 aromatic heterocycles. The van der Waals surface area contributed by atoms with Crippen LogP contribution in [-0.2, 0) is 4.79 Å². The molecule has 0 radical (unpaired) electrons. The fourth-order valence-electron chi connectivity index (χ4n) is 1.17. The average Bonchev–Trinajstić information content (AvgIpc) is 2.34. The van der Waals surface area contributed by atoms with E-state index in [0.717, 1.165) is 5.03 Å². The smallest absolute Gasteiger partial charge is 0.331 e. The van der Waals surface area contributed by atoms with E-state index >= 15 is 0 Å². The number of aromatic nitrogens is 1. The van der Waals surface area contributed by atoms with Crippen molar-refractivity contribution in [1.82, 2.24) is 4.98 Å². The molecule has 1 N–H and O–H groups in total. The van der Waals surface area contributed by atoms with Crippen molar-refractivity contribution >= 4 is 17.7 Å². The van der Waals surface area contributed by atoms with E-state index in [1.54, 1.807) is 31.3 Å². The number of hydrogen-bond donors (Lipinski definition) is 1. The van der Waals surface area contributed by atoms with E-state index in [0.29, 0.717) is 23.3 Å². The molecule has 0 unspecified atom stereocenters. The largest absolute Gasteiger partial charge is 0.478 e. The Morgan fingerprint density at radius 2 is 2.47 bits per heavy atom. The predicted octanol–water partition coefficient (Wildman–Crippen LogP) is 2.47. The van der Waals surface area contributed by atoms with E-state index < -0.39 is 5.97 Å². The van der Waals surface area contributed by atoms with Crippen LogP contribution in [0, 0.1) is 11.3 Å². The summed E-state index contributed by atoms with van der Waals surface area (Å²) >= 11 is 1.41. The second kappa shape index (κ2) is 6.71. The molecule has 0 aliphatic carbocycles. The molecule has 0 spiro atoms. The van der Waals surface area contributed by atoms with Crippen molar-refractivity contribution < 1.29 is 9.90 Å². The third-order valence-corrected chi connectivity index (χ3v) is 2.93. The van der Waals surface area contributed by atoms with Crippen LogP contribution >= 0.6 is 11.8 Å². The molecule has 5 heteroatoms. The lowest BCUT2D eigenvalue weighted by molar-refractivity contribution is -0.132. The van der Waals surface area contributed by atoms with Crippen molar-refractivity contribution in [1.29, 1.82) is 5.26 Å². The van der Waals surface area contributed by atoms with E-state index in [9.17, 15) is 4.79 Å². The van der Waals surface area contributed by atoms with Gasteiger partial charge in [-0.05, 0) is 18.6 Å². The third-order valence-electron chi connectivity index (χ3n) is 2.08. The standard InChI is InChI=1S/C12H12N2O2S/c1-2-10(12(15)16)4-6-17-11-7-9(8-13)3-5-14-11/h3-5,7H,2,6H2,1H3,(H,15,16)/b10-4-. The van der Waals surface area contributed by atoms with E-state index in [1.165, 1.54) is 11.8 Å². The summed E-state index contributed by atoms with van der Waals surface area (Å²) < 4.78 is 0. The molecule has 0 fully saturated rings. The molecule has 0 aliphatic rings. The maximum Gasteiger partial charge on any atom is 0.331 e. The quantitative estimate of drug-likeness (QED) is 0.640. The highest BCUT2D eigenvalue weighted by atomic mass is 32.2. The Labute approximate surface area is 104 Å². The minimum atomic E-state index is -0.883. The van der Waals surface area contributed by atoms with Crippen LogP contribution in [0.4, 0.5) is 0 Å². The number of nitriles is 1. The average molecular weight is 248 g/mol. The predicted molar refractivity (Wildman–Crippen MR) is 65.7 cm³/mol. The molecule has 0 atom stereocenters. The molecule has 0 amide bonds. The zero-order valence-electron chi connectivity index (χ0n) is 9.38. The van der Waals surface area contributed by atoms with Crippen molar-refractivity contribution in [3.63, 3.8) is 0 Å². The number of carboxylic acid groups (broad SMARTS) is 1. The maximum atomic E-state index is 10.7. The van der Waals surface area contributed by atoms with Crippen molar-refractivity contribution in [2.75, 3.05) is 5.75 Å². The molecule has 1 heterocycles. The number of nitrogens with zero attached hydrogens (tertiary/aromatic N) is 2. The number of rotatable bonds is 5. The number of carboxylic acids is 1. The van der Waals surface area contributed by atoms with Crippen LogP contribution in [0.3, 0.4) is 0 Å². The van der Waals surface area contributed by atoms with Gasteiger partial charge in [-0.3, -0.25) is 0 Å². The Morgan fingerprint density at radius 1 is 1.71 bits per heavy atom. The van der Waals surface area contributed by atoms with Gasteiger partial charge in [-0.15, -0.1) is 11.8 Å². The van der Waals surface area contributed by atoms with Crippen LogP contribution < -0.4 is 0 Å². The first kappa shape index (κ1) is 13.3. The summed E-state index contributed by atoms with van der Waals surface area (Å²) in [5.41, 5.74) is 0.953. The van der Waals surface area contributed by atoms with Gasteiger partial charge in [-0.1, -0.05) is 13.0 Å². The Kier molecular flexibility index (Phi) is 5.24. The van der Waals surface area contributed by atoms with Crippen molar-refractivity contribution in [2.24, 2.45) is 0 Å². The van der Waals surface area contributed by atoms with Crippen LogP contribution in [0.25, 0.3) is 0 Å². The van der Waals surface area contributed by atoms with Gasteiger partial charge in [0.15, 0.2) is 0 Å². The summed E-state index contributed by atoms with van der Waals surface area (Å²) in [6.45, 7) is 1.80. The molecule has 1 rings (SSSR count). The van der Waals surface area contributed by atoms with Crippen molar-refractivity contribution in [3.8, 4) is 6.07 Å². The maximum absolute atomic E-state index is 10.7. The van der Waals surface area contributed by atoms with E-state index in [4.69, 9.17) is 10.4 Å². The molecule has 88 valence electrons. The molecule has 4 nitrogen and oxygen atoms in total. The summed E-state index contributed by atoms with van der Waals surface area (Å²) in [6, 6.07) is 5.35. The van der Waals surface area contributed by atoms with Crippen LogP contribution in [0.15, 0.2) is 35.0 Å². The number of carbonyl (C=O) groups is 1. The monoisotopic (exact) mass is 248 g/mol. The second-order valence-electron chi connectivity index (χ2n) is 3.19. The molecular formula is C12H12N2O2S. The van der Waals surface area contributed by atoms with Gasteiger partial charge in [0, 0.05) is 17.5 Å². The molecular weight excluding hydrogens is 236 g/mol. The topological polar surface area (TPSA) is 74.0 Å². The Bertz CT molecular complexity index is 478. The molecule has 1 aromatic rings. The van der Waals surface area contributed by atoms with Crippen LogP contribution in [0.5, 0.6) is 0 Å². The van der Waals surface area contributed by atoms with Gasteiger partial charge >= 0.3 is 5.97 Å². The lowest BCUT2D eigenvalue weighted by atomic mass is 10.2. The first-order valence-electron chi connectivity index (χ1n) is 5.08. The van der Waals surface area contributed by atoms with Gasteiger partial charge in [-0.2, -0.15) is 5.26 Å². The van der Waals surface area contributed by atoms with Crippen molar-refractivity contribution in [2.45, 2.75) is 18.4 Å². The highest BCUT2D eigenvalue weighted by molar-refractivity contribution is 7.99. The summed E-state index contributed by atoms with van der Waals surface area (Å²) in [7, 11) is 0. The number of thioether (sulfide) groups is 1. The number of pyridine rings is 1. The summed E-state index contributed by atoms with van der Waals surface area (Å²) in [4.78, 5) is 14.8. The fourth-order valence-corrected chi connectivity index (χ4v) is 1.97.